The molecule has 0 saturated carbocycles. The van der Waals surface area contributed by atoms with Gasteiger partial charge in [-0.05, 0) is 48.7 Å². The van der Waals surface area contributed by atoms with Crippen molar-refractivity contribution in [3.63, 3.8) is 0 Å². The topological polar surface area (TPSA) is 36.3 Å². The lowest BCUT2D eigenvalue weighted by atomic mass is 10.1. The number of hydrogen-bond acceptors (Lipinski definition) is 3. The Morgan fingerprint density at radius 2 is 1.92 bits per heavy atom. The monoisotopic (exact) mass is 390 g/mol. The highest BCUT2D eigenvalue weighted by atomic mass is 35.5. The summed E-state index contributed by atoms with van der Waals surface area (Å²) in [5.41, 5.74) is 1.23. The number of hydrogen-bond donors (Lipinski definition) is 0. The Bertz CT molecular complexity index is 820. The summed E-state index contributed by atoms with van der Waals surface area (Å²) in [6, 6.07) is 13.4. The number of nitrogens with zero attached hydrogens (tertiary/aromatic N) is 2. The summed E-state index contributed by atoms with van der Waals surface area (Å²) in [7, 11) is 1.67. The van der Waals surface area contributed by atoms with Crippen molar-refractivity contribution < 1.29 is 9.47 Å². The predicted octanol–water partition coefficient (Wildman–Crippen LogP) is 5.28. The highest BCUT2D eigenvalue weighted by molar-refractivity contribution is 6.35. The van der Waals surface area contributed by atoms with Gasteiger partial charge in [-0.15, -0.1) is 0 Å². The molecule has 0 fully saturated rings. The Morgan fingerprint density at radius 3 is 2.58 bits per heavy atom. The highest BCUT2D eigenvalue weighted by Gasteiger charge is 2.14. The van der Waals surface area contributed by atoms with E-state index < -0.39 is 0 Å². The average molecular weight is 391 g/mol. The molecular weight excluding hydrogens is 371 g/mol. The zero-order valence-corrected chi connectivity index (χ0v) is 16.0. The number of benzene rings is 2. The number of methoxy groups -OCH3 is 1. The van der Waals surface area contributed by atoms with Crippen molar-refractivity contribution in [3.8, 4) is 11.5 Å². The van der Waals surface area contributed by atoms with Crippen LogP contribution in [0.4, 0.5) is 0 Å². The van der Waals surface area contributed by atoms with Crippen LogP contribution in [0, 0.1) is 0 Å². The summed E-state index contributed by atoms with van der Waals surface area (Å²) < 4.78 is 13.4. The van der Waals surface area contributed by atoms with E-state index in [-0.39, 0.29) is 6.10 Å². The van der Waals surface area contributed by atoms with Gasteiger partial charge in [0.15, 0.2) is 0 Å². The summed E-state index contributed by atoms with van der Waals surface area (Å²) in [4.78, 5) is 4.10. The van der Waals surface area contributed by atoms with E-state index in [9.17, 15) is 0 Å². The first-order valence-electron chi connectivity index (χ1n) is 8.34. The molecule has 4 nitrogen and oxygen atoms in total. The summed E-state index contributed by atoms with van der Waals surface area (Å²) in [6.07, 6.45) is 7.14. The van der Waals surface area contributed by atoms with Crippen LogP contribution in [0.25, 0.3) is 0 Å². The molecule has 1 atom stereocenters. The first-order chi connectivity index (χ1) is 12.6. The Kier molecular flexibility index (Phi) is 6.42. The van der Waals surface area contributed by atoms with Gasteiger partial charge in [0, 0.05) is 17.4 Å². The van der Waals surface area contributed by atoms with Gasteiger partial charge in [-0.2, -0.15) is 0 Å². The molecule has 2 aromatic carbocycles. The molecule has 0 N–H and O–H groups in total. The van der Waals surface area contributed by atoms with Gasteiger partial charge < -0.3 is 14.0 Å². The molecule has 0 bridgehead atoms. The van der Waals surface area contributed by atoms with Gasteiger partial charge in [0.05, 0.1) is 25.0 Å². The second-order valence-electron chi connectivity index (χ2n) is 5.96. The van der Waals surface area contributed by atoms with Gasteiger partial charge in [0.1, 0.15) is 17.6 Å². The fourth-order valence-corrected chi connectivity index (χ4v) is 3.14. The summed E-state index contributed by atoms with van der Waals surface area (Å²) in [6.45, 7) is 0.690. The summed E-state index contributed by atoms with van der Waals surface area (Å²) >= 11 is 12.2. The molecule has 0 aliphatic rings. The molecule has 1 unspecified atom stereocenters. The van der Waals surface area contributed by atoms with E-state index in [0.717, 1.165) is 18.6 Å². The molecule has 0 aliphatic heterocycles. The van der Waals surface area contributed by atoms with Crippen LogP contribution in [0.15, 0.2) is 61.2 Å². The molecule has 6 heteroatoms. The number of ether oxygens (including phenoxy) is 2. The van der Waals surface area contributed by atoms with E-state index in [1.165, 1.54) is 5.56 Å². The van der Waals surface area contributed by atoms with Crippen LogP contribution in [0.5, 0.6) is 11.5 Å². The number of imidazole rings is 1. The van der Waals surface area contributed by atoms with E-state index in [1.807, 2.05) is 22.9 Å². The molecule has 3 rings (SSSR count). The molecule has 0 aliphatic carbocycles. The molecule has 1 aromatic heterocycles. The van der Waals surface area contributed by atoms with Crippen molar-refractivity contribution in [1.82, 2.24) is 9.55 Å². The minimum atomic E-state index is -0.0509. The van der Waals surface area contributed by atoms with E-state index >= 15 is 0 Å². The molecule has 0 saturated heterocycles. The smallest absolute Gasteiger partial charge is 0.138 e. The first kappa shape index (κ1) is 18.6. The third-order valence-electron chi connectivity index (χ3n) is 4.08. The molecular formula is C20H20Cl2N2O2. The van der Waals surface area contributed by atoms with Crippen molar-refractivity contribution in [2.24, 2.45) is 0 Å². The van der Waals surface area contributed by atoms with Crippen LogP contribution in [-0.2, 0) is 13.0 Å². The van der Waals surface area contributed by atoms with Gasteiger partial charge in [-0.1, -0.05) is 35.3 Å². The second-order valence-corrected chi connectivity index (χ2v) is 6.80. The van der Waals surface area contributed by atoms with Crippen molar-refractivity contribution in [1.29, 1.82) is 0 Å². The Labute approximate surface area is 163 Å². The second kappa shape index (κ2) is 8.97. The molecule has 136 valence electrons. The zero-order valence-electron chi connectivity index (χ0n) is 14.4. The van der Waals surface area contributed by atoms with Crippen molar-refractivity contribution in [2.45, 2.75) is 25.5 Å². The maximum atomic E-state index is 6.26. The summed E-state index contributed by atoms with van der Waals surface area (Å²) in [5.74, 6) is 1.49. The predicted molar refractivity (Wildman–Crippen MR) is 104 cm³/mol. The number of aryl methyl sites for hydroxylation is 1. The Hall–Kier alpha value is -2.17. The van der Waals surface area contributed by atoms with Crippen LogP contribution in [0.3, 0.4) is 0 Å². The minimum Gasteiger partial charge on any atom is -0.497 e. The SMILES string of the molecule is COc1ccc(CCC(Cn2ccnc2)Oc2ccc(Cl)cc2Cl)cc1. The third-order valence-corrected chi connectivity index (χ3v) is 4.61. The van der Waals surface area contributed by atoms with Gasteiger partial charge in [0.25, 0.3) is 0 Å². The largest absolute Gasteiger partial charge is 0.497 e. The van der Waals surface area contributed by atoms with Crippen molar-refractivity contribution in [3.05, 3.63) is 76.8 Å². The van der Waals surface area contributed by atoms with E-state index in [1.54, 1.807) is 37.8 Å². The Balaban J connectivity index is 1.69. The zero-order chi connectivity index (χ0) is 18.4. The molecule has 0 radical (unpaired) electrons. The lowest BCUT2D eigenvalue weighted by Gasteiger charge is -2.20. The van der Waals surface area contributed by atoms with Gasteiger partial charge in [-0.25, -0.2) is 4.98 Å². The fraction of sp³-hybridized carbons (Fsp3) is 0.250. The molecule has 0 amide bonds. The molecule has 3 aromatic rings. The summed E-state index contributed by atoms with van der Waals surface area (Å²) in [5, 5.41) is 1.10. The molecule has 0 spiro atoms. The normalized spacial score (nSPS) is 12.0. The van der Waals surface area contributed by atoms with E-state index in [4.69, 9.17) is 32.7 Å². The van der Waals surface area contributed by atoms with E-state index in [2.05, 4.69) is 17.1 Å². The number of rotatable bonds is 8. The highest BCUT2D eigenvalue weighted by Crippen LogP contribution is 2.29. The van der Waals surface area contributed by atoms with Crippen molar-refractivity contribution >= 4 is 23.2 Å². The lowest BCUT2D eigenvalue weighted by molar-refractivity contribution is 0.170. The average Bonchev–Trinajstić information content (AvgIpc) is 3.15. The van der Waals surface area contributed by atoms with Crippen LogP contribution in [0.1, 0.15) is 12.0 Å². The maximum absolute atomic E-state index is 6.26. The van der Waals surface area contributed by atoms with Crippen LogP contribution in [0.2, 0.25) is 10.0 Å². The lowest BCUT2D eigenvalue weighted by Crippen LogP contribution is -2.23. The number of halogens is 2. The third kappa shape index (κ3) is 5.16. The fourth-order valence-electron chi connectivity index (χ4n) is 2.69. The van der Waals surface area contributed by atoms with Gasteiger partial charge >= 0.3 is 0 Å². The maximum Gasteiger partial charge on any atom is 0.138 e. The van der Waals surface area contributed by atoms with Crippen LogP contribution >= 0.6 is 23.2 Å². The number of aromatic nitrogens is 2. The van der Waals surface area contributed by atoms with Gasteiger partial charge in [-0.3, -0.25) is 0 Å². The molecule has 26 heavy (non-hydrogen) atoms. The van der Waals surface area contributed by atoms with Crippen molar-refractivity contribution in [2.75, 3.05) is 7.11 Å². The standard InChI is InChI=1S/C20H20Cl2N2O2/c1-25-17-6-2-15(3-7-17)4-8-18(13-24-11-10-23-14-24)26-20-9-5-16(21)12-19(20)22/h2-3,5-7,9-12,14,18H,4,8,13H2,1H3. The minimum absolute atomic E-state index is 0.0509. The van der Waals surface area contributed by atoms with E-state index in [0.29, 0.717) is 22.3 Å². The van der Waals surface area contributed by atoms with Crippen LogP contribution < -0.4 is 9.47 Å². The quantitative estimate of drug-likeness (QED) is 0.524. The Morgan fingerprint density at radius 1 is 1.12 bits per heavy atom. The first-order valence-corrected chi connectivity index (χ1v) is 9.10. The molecule has 1 heterocycles. The van der Waals surface area contributed by atoms with Gasteiger partial charge in [0.2, 0.25) is 0 Å². The van der Waals surface area contributed by atoms with Crippen LogP contribution in [-0.4, -0.2) is 22.8 Å².